The fourth-order valence-corrected chi connectivity index (χ4v) is 3.67. The van der Waals surface area contributed by atoms with E-state index in [1.165, 1.54) is 26.4 Å². The quantitative estimate of drug-likeness (QED) is 0.792. The van der Waals surface area contributed by atoms with Gasteiger partial charge < -0.3 is 19.9 Å². The van der Waals surface area contributed by atoms with Crippen molar-refractivity contribution in [3.05, 3.63) is 12.1 Å². The Morgan fingerprint density at radius 3 is 2.33 bits per heavy atom. The molecule has 2 rings (SSSR count). The third-order valence-corrected chi connectivity index (χ3v) is 5.27. The maximum atomic E-state index is 12.4. The molecule has 1 aromatic carbocycles. The molecule has 0 amide bonds. The van der Waals surface area contributed by atoms with E-state index in [0.717, 1.165) is 0 Å². The second-order valence-electron chi connectivity index (χ2n) is 4.75. The number of anilines is 2. The molecule has 1 saturated heterocycles. The number of ether oxygens (including phenoxy) is 3. The molecule has 7 nitrogen and oxygen atoms in total. The number of benzene rings is 1. The van der Waals surface area contributed by atoms with Gasteiger partial charge in [-0.15, -0.1) is 0 Å². The average Bonchev–Trinajstić information content (AvgIpc) is 2.49. The topological polar surface area (TPSA) is 99.9 Å². The van der Waals surface area contributed by atoms with E-state index in [4.69, 9.17) is 19.9 Å². The Hall–Kier alpha value is -1.67. The summed E-state index contributed by atoms with van der Waals surface area (Å²) in [6, 6.07) is 3.05. The minimum Gasteiger partial charge on any atom is -0.493 e. The highest BCUT2D eigenvalue weighted by molar-refractivity contribution is 7.93. The van der Waals surface area contributed by atoms with Gasteiger partial charge in [-0.05, 0) is 12.8 Å². The molecule has 3 N–H and O–H groups in total. The van der Waals surface area contributed by atoms with Crippen LogP contribution in [0.5, 0.6) is 11.5 Å². The molecule has 0 aromatic heterocycles. The monoisotopic (exact) mass is 316 g/mol. The van der Waals surface area contributed by atoms with Gasteiger partial charge in [0, 0.05) is 25.3 Å². The van der Waals surface area contributed by atoms with Crippen molar-refractivity contribution in [1.29, 1.82) is 0 Å². The molecule has 0 unspecified atom stereocenters. The summed E-state index contributed by atoms with van der Waals surface area (Å²) < 4.78 is 42.7. The van der Waals surface area contributed by atoms with Gasteiger partial charge in [0.25, 0.3) is 0 Å². The van der Waals surface area contributed by atoms with E-state index in [2.05, 4.69) is 4.72 Å². The van der Waals surface area contributed by atoms with Gasteiger partial charge in [-0.2, -0.15) is 0 Å². The molecular formula is C13H20N2O5S. The van der Waals surface area contributed by atoms with E-state index in [1.807, 2.05) is 0 Å². The van der Waals surface area contributed by atoms with Gasteiger partial charge in [0.05, 0.1) is 30.8 Å². The largest absolute Gasteiger partial charge is 0.493 e. The summed E-state index contributed by atoms with van der Waals surface area (Å²) in [5.74, 6) is 0.861. The van der Waals surface area contributed by atoms with Crippen molar-refractivity contribution in [2.24, 2.45) is 0 Å². The molecule has 1 aliphatic rings. The maximum absolute atomic E-state index is 12.4. The van der Waals surface area contributed by atoms with Gasteiger partial charge >= 0.3 is 0 Å². The molecule has 0 spiro atoms. The third-order valence-electron chi connectivity index (χ3n) is 3.42. The highest BCUT2D eigenvalue weighted by Crippen LogP contribution is 2.35. The van der Waals surface area contributed by atoms with E-state index < -0.39 is 15.3 Å². The molecule has 0 atom stereocenters. The van der Waals surface area contributed by atoms with Crippen LogP contribution in [0.25, 0.3) is 0 Å². The number of methoxy groups -OCH3 is 2. The molecule has 21 heavy (non-hydrogen) atoms. The van der Waals surface area contributed by atoms with E-state index in [1.54, 1.807) is 0 Å². The lowest BCUT2D eigenvalue weighted by atomic mass is 10.2. The van der Waals surface area contributed by atoms with Crippen LogP contribution in [-0.2, 0) is 14.8 Å². The molecular weight excluding hydrogens is 296 g/mol. The van der Waals surface area contributed by atoms with Crippen molar-refractivity contribution in [1.82, 2.24) is 0 Å². The van der Waals surface area contributed by atoms with Gasteiger partial charge in [-0.1, -0.05) is 0 Å². The van der Waals surface area contributed by atoms with E-state index >= 15 is 0 Å². The summed E-state index contributed by atoms with van der Waals surface area (Å²) in [6.07, 6.45) is 0.949. The molecule has 0 bridgehead atoms. The zero-order valence-corrected chi connectivity index (χ0v) is 12.9. The van der Waals surface area contributed by atoms with Crippen molar-refractivity contribution >= 4 is 21.4 Å². The molecule has 0 radical (unpaired) electrons. The van der Waals surface area contributed by atoms with Crippen LogP contribution in [0.3, 0.4) is 0 Å². The van der Waals surface area contributed by atoms with Gasteiger partial charge in [0.1, 0.15) is 0 Å². The number of hydrogen-bond acceptors (Lipinski definition) is 6. The van der Waals surface area contributed by atoms with Crippen molar-refractivity contribution < 1.29 is 22.6 Å². The van der Waals surface area contributed by atoms with Crippen LogP contribution in [0.4, 0.5) is 11.4 Å². The molecule has 1 aromatic rings. The average molecular weight is 316 g/mol. The second kappa shape index (κ2) is 6.40. The molecule has 1 fully saturated rings. The van der Waals surface area contributed by atoms with Crippen LogP contribution >= 0.6 is 0 Å². The first-order chi connectivity index (χ1) is 9.97. The van der Waals surface area contributed by atoms with Crippen LogP contribution in [-0.4, -0.2) is 41.1 Å². The first-order valence-corrected chi connectivity index (χ1v) is 8.13. The number of nitrogens with two attached hydrogens (primary N) is 1. The van der Waals surface area contributed by atoms with Gasteiger partial charge in [0.15, 0.2) is 11.5 Å². The van der Waals surface area contributed by atoms with Crippen LogP contribution in [0.15, 0.2) is 12.1 Å². The van der Waals surface area contributed by atoms with Crippen molar-refractivity contribution in [2.75, 3.05) is 37.9 Å². The van der Waals surface area contributed by atoms with E-state index in [0.29, 0.717) is 43.2 Å². The number of rotatable bonds is 5. The predicted molar refractivity (Wildman–Crippen MR) is 80.3 cm³/mol. The van der Waals surface area contributed by atoms with Crippen LogP contribution in [0, 0.1) is 0 Å². The second-order valence-corrected chi connectivity index (χ2v) is 6.71. The number of nitrogens with one attached hydrogen (secondary N) is 1. The Labute approximate surface area is 124 Å². The minimum atomic E-state index is -3.51. The summed E-state index contributed by atoms with van der Waals surface area (Å²) in [5, 5.41) is -0.473. The number of nitrogen functional groups attached to an aromatic ring is 1. The SMILES string of the molecule is COc1cc(N)c(NS(=O)(=O)C2CCOCC2)cc1OC. The summed E-state index contributed by atoms with van der Waals surface area (Å²) >= 11 is 0. The Morgan fingerprint density at radius 1 is 1.19 bits per heavy atom. The summed E-state index contributed by atoms with van der Waals surface area (Å²) in [6.45, 7) is 0.903. The summed E-state index contributed by atoms with van der Waals surface area (Å²) in [4.78, 5) is 0. The number of hydrogen-bond donors (Lipinski definition) is 2. The Bertz CT molecular complexity index is 597. The molecule has 1 aliphatic heterocycles. The van der Waals surface area contributed by atoms with Crippen molar-refractivity contribution in [3.63, 3.8) is 0 Å². The van der Waals surface area contributed by atoms with Gasteiger partial charge in [-0.25, -0.2) is 8.42 Å². The molecule has 8 heteroatoms. The van der Waals surface area contributed by atoms with Crippen molar-refractivity contribution in [2.45, 2.75) is 18.1 Å². The Kier molecular flexibility index (Phi) is 4.79. The van der Waals surface area contributed by atoms with E-state index in [9.17, 15) is 8.42 Å². The molecule has 118 valence electrons. The Balaban J connectivity index is 2.26. The van der Waals surface area contributed by atoms with Gasteiger partial charge in [0.2, 0.25) is 10.0 Å². The highest BCUT2D eigenvalue weighted by Gasteiger charge is 2.28. The smallest absolute Gasteiger partial charge is 0.235 e. The molecule has 1 heterocycles. The normalized spacial score (nSPS) is 16.5. The number of sulfonamides is 1. The highest BCUT2D eigenvalue weighted by atomic mass is 32.2. The van der Waals surface area contributed by atoms with Gasteiger partial charge in [-0.3, -0.25) is 4.72 Å². The lowest BCUT2D eigenvalue weighted by Crippen LogP contribution is -2.33. The first-order valence-electron chi connectivity index (χ1n) is 6.59. The predicted octanol–water partition coefficient (Wildman–Crippen LogP) is 1.21. The Morgan fingerprint density at radius 2 is 1.76 bits per heavy atom. The summed E-state index contributed by atoms with van der Waals surface area (Å²) in [7, 11) is -0.544. The fourth-order valence-electron chi connectivity index (χ4n) is 2.21. The fraction of sp³-hybridized carbons (Fsp3) is 0.538. The van der Waals surface area contributed by atoms with Crippen LogP contribution in [0.2, 0.25) is 0 Å². The first kappa shape index (κ1) is 15.7. The molecule has 0 aliphatic carbocycles. The van der Waals surface area contributed by atoms with Crippen LogP contribution in [0.1, 0.15) is 12.8 Å². The lowest BCUT2D eigenvalue weighted by molar-refractivity contribution is 0.0984. The van der Waals surface area contributed by atoms with Crippen molar-refractivity contribution in [3.8, 4) is 11.5 Å². The standard InChI is InChI=1S/C13H20N2O5S/c1-18-12-7-10(14)11(8-13(12)19-2)15-21(16,17)9-3-5-20-6-4-9/h7-9,15H,3-6,14H2,1-2H3. The van der Waals surface area contributed by atoms with Crippen LogP contribution < -0.4 is 19.9 Å². The third kappa shape index (κ3) is 3.51. The van der Waals surface area contributed by atoms with E-state index in [-0.39, 0.29) is 5.69 Å². The molecule has 0 saturated carbocycles. The summed E-state index contributed by atoms with van der Waals surface area (Å²) in [5.41, 5.74) is 6.44. The lowest BCUT2D eigenvalue weighted by Gasteiger charge is -2.23. The zero-order valence-electron chi connectivity index (χ0n) is 12.1. The maximum Gasteiger partial charge on any atom is 0.235 e. The minimum absolute atomic E-state index is 0.281. The zero-order chi connectivity index (χ0) is 15.5.